The molecule has 1 aliphatic carbocycles. The maximum atomic E-state index is 14.9. The standard InChI is InChI=1S/C58H60B3N3O8/c1-28-15-13-16-29(2)45(28)63-39-25-34(62(55(72)54(71)48(65)43(60)32(5)59)47-49(66)51(68)53(70)52(69)50(47)67)19-20-37(39)61-38-26-35-36(58(11,12)22-21-57(35,9)10)27-40(38)64(46-30(3)17-14-18-31(46)4)42-24-33(56(6,7)8)23-41(63)44(42)61/h13-20,23-27,65-71H,21-22H2,1-12H3/b43-32-,54-48?. The number of hydrogen-bond donors (Lipinski definition) is 7. The van der Waals surface area contributed by atoms with Crippen LogP contribution in [0.5, 0.6) is 28.7 Å². The molecule has 11 nitrogen and oxygen atoms in total. The molecule has 0 atom stereocenters. The van der Waals surface area contributed by atoms with Crippen molar-refractivity contribution >= 4 is 90.2 Å². The van der Waals surface area contributed by atoms with E-state index in [0.717, 1.165) is 85.5 Å². The van der Waals surface area contributed by atoms with E-state index < -0.39 is 64.0 Å². The largest absolute Gasteiger partial charge is 0.505 e. The van der Waals surface area contributed by atoms with Crippen molar-refractivity contribution in [1.82, 2.24) is 0 Å². The molecule has 364 valence electrons. The van der Waals surface area contributed by atoms with Crippen LogP contribution in [-0.2, 0) is 21.0 Å². The number of phenolic OH excluding ortho intramolecular Hbond substituents is 5. The van der Waals surface area contributed by atoms with Crippen molar-refractivity contribution in [1.29, 1.82) is 0 Å². The molecule has 6 aromatic carbocycles. The first kappa shape index (κ1) is 49.6. The fraction of sp³-hybridized carbons (Fsp3) is 0.293. The van der Waals surface area contributed by atoms with Crippen molar-refractivity contribution in [2.75, 3.05) is 14.7 Å². The minimum absolute atomic E-state index is 0.103. The summed E-state index contributed by atoms with van der Waals surface area (Å²) >= 11 is 0. The number of carbonyl (C=O) groups is 1. The second kappa shape index (κ2) is 16.9. The summed E-state index contributed by atoms with van der Waals surface area (Å²) in [4.78, 5) is 20.2. The number of hydrogen-bond acceptors (Lipinski definition) is 10. The van der Waals surface area contributed by atoms with Gasteiger partial charge in [0.1, 0.15) is 21.4 Å². The van der Waals surface area contributed by atoms with Crippen molar-refractivity contribution in [3.05, 3.63) is 140 Å². The predicted octanol–water partition coefficient (Wildman–Crippen LogP) is 10.7. The van der Waals surface area contributed by atoms with Crippen LogP contribution < -0.4 is 31.1 Å². The van der Waals surface area contributed by atoms with E-state index in [4.69, 9.17) is 15.7 Å². The molecule has 2 aliphatic heterocycles. The molecule has 0 saturated heterocycles. The number of nitrogens with zero attached hydrogens (tertiary/aromatic N) is 3. The fourth-order valence-corrected chi connectivity index (χ4v) is 11.2. The molecule has 0 saturated carbocycles. The minimum Gasteiger partial charge on any atom is -0.505 e. The molecular weight excluding hydrogens is 899 g/mol. The second-order valence-electron chi connectivity index (χ2n) is 22.3. The summed E-state index contributed by atoms with van der Waals surface area (Å²) < 4.78 is 0. The molecule has 9 rings (SSSR count). The van der Waals surface area contributed by atoms with E-state index in [-0.39, 0.29) is 27.4 Å². The molecule has 0 aromatic heterocycles. The number of para-hydroxylation sites is 2. The Bertz CT molecular complexity index is 3330. The third-order valence-electron chi connectivity index (χ3n) is 15.4. The lowest BCUT2D eigenvalue weighted by atomic mass is 9.33. The van der Waals surface area contributed by atoms with Gasteiger partial charge in [-0.1, -0.05) is 109 Å². The van der Waals surface area contributed by atoms with Gasteiger partial charge >= 0.3 is 5.91 Å². The molecule has 72 heavy (non-hydrogen) atoms. The van der Waals surface area contributed by atoms with Gasteiger partial charge in [0, 0.05) is 22.7 Å². The Morgan fingerprint density at radius 2 is 1.06 bits per heavy atom. The summed E-state index contributed by atoms with van der Waals surface area (Å²) in [7, 11) is 11.9. The lowest BCUT2D eigenvalue weighted by Gasteiger charge is -2.48. The Labute approximate surface area is 424 Å². The van der Waals surface area contributed by atoms with Crippen LogP contribution in [0.1, 0.15) is 107 Å². The molecule has 3 aliphatic rings. The molecule has 14 heteroatoms. The zero-order valence-electron chi connectivity index (χ0n) is 43.0. The first-order valence-corrected chi connectivity index (χ1v) is 24.2. The fourth-order valence-electron chi connectivity index (χ4n) is 11.2. The van der Waals surface area contributed by atoms with Gasteiger partial charge in [0.15, 0.2) is 17.3 Å². The SMILES string of the molecule is [B]/C(C)=C(\[B])C(O)=C(O)C(=O)N(c1ccc2c(c1)N(c1c(C)cccc1C)c1cc(C(C)(C)C)cc3c1B2c1cc2c(cc1N3c1c(C)cccc1C)C(C)(C)CCC2(C)C)c1c(O)c(O)c(O)c(O)c1O. The molecule has 0 fully saturated rings. The average molecular weight is 960 g/mol. The van der Waals surface area contributed by atoms with Gasteiger partial charge in [-0.15, -0.1) is 5.47 Å². The summed E-state index contributed by atoms with van der Waals surface area (Å²) in [6, 6.07) is 26.9. The lowest BCUT2D eigenvalue weighted by molar-refractivity contribution is -0.117. The highest BCUT2D eigenvalue weighted by molar-refractivity contribution is 7.00. The van der Waals surface area contributed by atoms with E-state index >= 15 is 0 Å². The van der Waals surface area contributed by atoms with Gasteiger partial charge in [0.25, 0.3) is 6.71 Å². The normalized spacial score (nSPS) is 16.0. The Kier molecular flexibility index (Phi) is 11.6. The number of anilines is 8. The predicted molar refractivity (Wildman–Crippen MR) is 292 cm³/mol. The Morgan fingerprint density at radius 1 is 0.611 bits per heavy atom. The van der Waals surface area contributed by atoms with E-state index in [1.807, 2.05) is 38.1 Å². The molecule has 1 amide bonds. The van der Waals surface area contributed by atoms with E-state index in [1.165, 1.54) is 18.1 Å². The van der Waals surface area contributed by atoms with Gasteiger partial charge in [-0.05, 0) is 142 Å². The number of phenols is 5. The molecule has 6 aromatic rings. The smallest absolute Gasteiger partial charge is 0.301 e. The van der Waals surface area contributed by atoms with Gasteiger partial charge < -0.3 is 45.5 Å². The first-order chi connectivity index (χ1) is 33.6. The van der Waals surface area contributed by atoms with Crippen LogP contribution in [0, 0.1) is 27.7 Å². The summed E-state index contributed by atoms with van der Waals surface area (Å²) in [6.45, 7) is 25.1. The number of rotatable bonds is 6. The zero-order valence-corrected chi connectivity index (χ0v) is 43.0. The van der Waals surface area contributed by atoms with Gasteiger partial charge in [0.05, 0.1) is 17.1 Å². The summed E-state index contributed by atoms with van der Waals surface area (Å²) in [6.07, 6.45) is 2.00. The lowest BCUT2D eigenvalue weighted by Crippen LogP contribution is -2.62. The highest BCUT2D eigenvalue weighted by Gasteiger charge is 2.48. The first-order valence-electron chi connectivity index (χ1n) is 24.2. The topological polar surface area (TPSA) is 168 Å². The minimum atomic E-state index is -1.46. The Hall–Kier alpha value is -7.34. The van der Waals surface area contributed by atoms with Crippen LogP contribution in [0.25, 0.3) is 0 Å². The van der Waals surface area contributed by atoms with Gasteiger partial charge in [-0.2, -0.15) is 0 Å². The van der Waals surface area contributed by atoms with E-state index in [0.29, 0.717) is 10.6 Å². The van der Waals surface area contributed by atoms with Crippen LogP contribution in [0.3, 0.4) is 0 Å². The number of fused-ring (bicyclic) bond motifs is 5. The molecule has 0 bridgehead atoms. The number of aliphatic hydroxyl groups is 2. The number of carbonyl (C=O) groups excluding carboxylic acids is 1. The van der Waals surface area contributed by atoms with Gasteiger partial charge in [-0.25, -0.2) is 0 Å². The van der Waals surface area contributed by atoms with Crippen LogP contribution in [0.2, 0.25) is 0 Å². The number of aryl methyl sites for hydroxylation is 4. The number of amides is 1. The van der Waals surface area contributed by atoms with Crippen LogP contribution >= 0.6 is 0 Å². The van der Waals surface area contributed by atoms with Gasteiger partial charge in [-0.3, -0.25) is 9.69 Å². The van der Waals surface area contributed by atoms with Crippen molar-refractivity contribution in [2.24, 2.45) is 0 Å². The highest BCUT2D eigenvalue weighted by Crippen LogP contribution is 2.58. The Morgan fingerprint density at radius 3 is 1.51 bits per heavy atom. The molecule has 0 unspecified atom stereocenters. The maximum Gasteiger partial charge on any atom is 0.301 e. The number of aliphatic hydroxyl groups excluding tert-OH is 2. The number of aromatic hydroxyl groups is 5. The molecule has 2 heterocycles. The average Bonchev–Trinajstić information content (AvgIpc) is 3.32. The Balaban J connectivity index is 1.47. The monoisotopic (exact) mass is 959 g/mol. The van der Waals surface area contributed by atoms with Crippen molar-refractivity contribution < 1.29 is 40.5 Å². The van der Waals surface area contributed by atoms with E-state index in [2.05, 4.69) is 115 Å². The zero-order chi connectivity index (χ0) is 52.6. The van der Waals surface area contributed by atoms with Crippen molar-refractivity contribution in [3.8, 4) is 28.7 Å². The maximum absolute atomic E-state index is 14.9. The molecule has 0 spiro atoms. The van der Waals surface area contributed by atoms with E-state index in [1.54, 1.807) is 12.1 Å². The quantitative estimate of drug-likeness (QED) is 0.0213. The van der Waals surface area contributed by atoms with Crippen molar-refractivity contribution in [3.63, 3.8) is 0 Å². The second-order valence-corrected chi connectivity index (χ2v) is 22.3. The molecule has 7 N–H and O–H groups in total. The van der Waals surface area contributed by atoms with Crippen LogP contribution in [0.4, 0.5) is 45.5 Å². The van der Waals surface area contributed by atoms with Crippen LogP contribution in [-0.4, -0.2) is 64.1 Å². The highest BCUT2D eigenvalue weighted by atomic mass is 16.4. The van der Waals surface area contributed by atoms with Crippen LogP contribution in [0.15, 0.2) is 101 Å². The van der Waals surface area contributed by atoms with Crippen molar-refractivity contribution in [2.45, 2.75) is 112 Å². The third kappa shape index (κ3) is 7.46. The summed E-state index contributed by atoms with van der Waals surface area (Å²) in [5, 5.41) is 78.0. The van der Waals surface area contributed by atoms with Gasteiger partial charge in [0.2, 0.25) is 23.0 Å². The third-order valence-corrected chi connectivity index (χ3v) is 15.4. The summed E-state index contributed by atoms with van der Waals surface area (Å²) in [5.41, 5.74) is 13.7. The molecular formula is C58H60B3N3O8. The van der Waals surface area contributed by atoms with E-state index in [9.17, 15) is 40.5 Å². The number of benzene rings is 6. The number of allylic oxidation sites excluding steroid dienone is 2. The summed E-state index contributed by atoms with van der Waals surface area (Å²) in [5.74, 6) is -10.2. The molecule has 4 radical (unpaired) electrons.